The fourth-order valence-electron chi connectivity index (χ4n) is 5.28. The minimum absolute atomic E-state index is 0.0544. The Labute approximate surface area is 270 Å². The van der Waals surface area contributed by atoms with Crippen molar-refractivity contribution in [3.63, 3.8) is 0 Å². The number of hydrogen-bond donors (Lipinski definition) is 4. The normalized spacial score (nSPS) is 17.8. The van der Waals surface area contributed by atoms with Crippen LogP contribution in [-0.2, 0) is 14.8 Å². The summed E-state index contributed by atoms with van der Waals surface area (Å²) in [6.07, 6.45) is 6.79. The molecule has 2 heterocycles. The number of sulfonamides is 1. The van der Waals surface area contributed by atoms with Crippen molar-refractivity contribution in [1.29, 1.82) is 0 Å². The van der Waals surface area contributed by atoms with Crippen LogP contribution in [0.5, 0.6) is 0 Å². The number of benzene rings is 1. The Morgan fingerprint density at radius 1 is 1.07 bits per heavy atom. The maximum atomic E-state index is 13.7. The van der Waals surface area contributed by atoms with Crippen molar-refractivity contribution in [3.8, 4) is 10.4 Å². The van der Waals surface area contributed by atoms with E-state index in [2.05, 4.69) is 30.6 Å². The molecule has 13 heteroatoms. The lowest BCUT2D eigenvalue weighted by atomic mass is 9.86. The molecule has 0 spiro atoms. The predicted octanol–water partition coefficient (Wildman–Crippen LogP) is 6.72. The first kappa shape index (κ1) is 34.3. The number of hydrogen-bond acceptors (Lipinski definition) is 8. The molecular weight excluding hydrogens is 613 g/mol. The molecule has 0 saturated heterocycles. The summed E-state index contributed by atoms with van der Waals surface area (Å²) in [5, 5.41) is 9.59. The fourth-order valence-corrected chi connectivity index (χ4v) is 8.13. The van der Waals surface area contributed by atoms with Gasteiger partial charge in [0.25, 0.3) is 0 Å². The van der Waals surface area contributed by atoms with Crippen LogP contribution < -0.4 is 20.7 Å². The monoisotopic (exact) mass is 656 g/mol. The number of urea groups is 1. The summed E-state index contributed by atoms with van der Waals surface area (Å²) in [5.74, 6) is 0.214. The number of anilines is 1. The molecule has 1 aliphatic carbocycles. The molecule has 2 aromatic heterocycles. The van der Waals surface area contributed by atoms with Crippen LogP contribution in [0.15, 0.2) is 53.7 Å². The molecule has 1 fully saturated rings. The first-order chi connectivity index (χ1) is 21.2. The number of rotatable bonds is 10. The zero-order valence-electron chi connectivity index (χ0n) is 26.7. The van der Waals surface area contributed by atoms with Gasteiger partial charge in [0.2, 0.25) is 10.0 Å². The lowest BCUT2D eigenvalue weighted by Crippen LogP contribution is -2.40. The molecule has 244 valence electrons. The maximum absolute atomic E-state index is 13.7. The van der Waals surface area contributed by atoms with E-state index in [9.17, 15) is 18.0 Å². The van der Waals surface area contributed by atoms with Gasteiger partial charge in [-0.1, -0.05) is 19.1 Å². The van der Waals surface area contributed by atoms with Gasteiger partial charge in [-0.15, -0.1) is 11.3 Å². The number of pyridine rings is 1. The summed E-state index contributed by atoms with van der Waals surface area (Å²) < 4.78 is 35.3. The fraction of sp³-hybridized carbons (Fsp3) is 0.500. The third kappa shape index (κ3) is 9.72. The van der Waals surface area contributed by atoms with E-state index in [1.807, 2.05) is 39.0 Å². The predicted molar refractivity (Wildman–Crippen MR) is 177 cm³/mol. The number of carbonyl (C=O) groups excluding carboxylic acids is 2. The topological polar surface area (TPSA) is 151 Å². The number of nitrogens with one attached hydrogen (secondary N) is 4. The lowest BCUT2D eigenvalue weighted by molar-refractivity contribution is 0.109. The summed E-state index contributed by atoms with van der Waals surface area (Å²) >= 11 is 1.47. The van der Waals surface area contributed by atoms with Crippen LogP contribution >= 0.6 is 11.3 Å². The minimum Gasteiger partial charge on any atom is -0.447 e. The van der Waals surface area contributed by atoms with Crippen LogP contribution in [0, 0.1) is 0 Å². The van der Waals surface area contributed by atoms with Crippen molar-refractivity contribution < 1.29 is 22.7 Å². The number of thiazole rings is 1. The van der Waals surface area contributed by atoms with E-state index in [1.165, 1.54) is 17.4 Å². The molecule has 11 nitrogen and oxygen atoms in total. The van der Waals surface area contributed by atoms with Gasteiger partial charge in [0, 0.05) is 41.1 Å². The zero-order valence-corrected chi connectivity index (χ0v) is 28.3. The summed E-state index contributed by atoms with van der Waals surface area (Å²) in [6.45, 7) is 10.9. The molecule has 1 aliphatic rings. The van der Waals surface area contributed by atoms with E-state index in [0.29, 0.717) is 17.7 Å². The first-order valence-electron chi connectivity index (χ1n) is 15.3. The standard InChI is InChI=1S/C32H44N6O5S2/c1-7-25(26-10-8-9-17-33-26)37-30(39)35-23-15-16-24(28(18-23)45(41,42)38-32(4,5)6)27-19-34-29(44-27)21-11-13-22(14-12-21)36-31(40)43-20(2)3/h8-10,15-22,25,38H,7,11-14H2,1-6H3,(H,36,40)(H2,35,37,39)/t21?,22?,25-/m0/s1. The van der Waals surface area contributed by atoms with Gasteiger partial charge >= 0.3 is 12.1 Å². The lowest BCUT2D eigenvalue weighted by Gasteiger charge is -2.28. The second kappa shape index (κ2) is 14.7. The third-order valence-corrected chi connectivity index (χ3v) is 10.2. The van der Waals surface area contributed by atoms with E-state index in [0.717, 1.165) is 41.3 Å². The Hall–Kier alpha value is -3.55. The molecule has 1 saturated carbocycles. The van der Waals surface area contributed by atoms with Gasteiger partial charge in [0.05, 0.1) is 32.6 Å². The van der Waals surface area contributed by atoms with Crippen LogP contribution in [0.25, 0.3) is 10.4 Å². The molecule has 1 aromatic carbocycles. The highest BCUT2D eigenvalue weighted by Crippen LogP contribution is 2.40. The van der Waals surface area contributed by atoms with Crippen LogP contribution in [0.2, 0.25) is 0 Å². The Morgan fingerprint density at radius 2 is 1.80 bits per heavy atom. The number of amides is 3. The average molecular weight is 657 g/mol. The van der Waals surface area contributed by atoms with Crippen molar-refractivity contribution in [1.82, 2.24) is 25.3 Å². The van der Waals surface area contributed by atoms with E-state index in [1.54, 1.807) is 45.3 Å². The third-order valence-electron chi connectivity index (χ3n) is 7.26. The highest BCUT2D eigenvalue weighted by molar-refractivity contribution is 7.89. The van der Waals surface area contributed by atoms with Gasteiger partial charge in [0.15, 0.2) is 0 Å². The zero-order chi connectivity index (χ0) is 32.8. The van der Waals surface area contributed by atoms with E-state index >= 15 is 0 Å². The average Bonchev–Trinajstić information content (AvgIpc) is 3.45. The van der Waals surface area contributed by atoms with Gasteiger partial charge < -0.3 is 20.7 Å². The van der Waals surface area contributed by atoms with Gasteiger partial charge in [-0.3, -0.25) is 4.98 Å². The van der Waals surface area contributed by atoms with Crippen molar-refractivity contribution in [3.05, 3.63) is 59.5 Å². The van der Waals surface area contributed by atoms with E-state index < -0.39 is 27.7 Å². The van der Waals surface area contributed by atoms with Gasteiger partial charge in [-0.25, -0.2) is 27.7 Å². The molecule has 0 radical (unpaired) electrons. The molecule has 45 heavy (non-hydrogen) atoms. The van der Waals surface area contributed by atoms with Crippen LogP contribution in [0.3, 0.4) is 0 Å². The quantitative estimate of drug-likeness (QED) is 0.189. The number of nitrogens with zero attached hydrogens (tertiary/aromatic N) is 2. The SMILES string of the molecule is CC[C@H](NC(=O)Nc1ccc(-c2cnc(C3CCC(NC(=O)OC(C)C)CC3)s2)c(S(=O)(=O)NC(C)(C)C)c1)c1ccccn1. The molecule has 4 N–H and O–H groups in total. The Balaban J connectivity index is 1.53. The molecule has 0 bridgehead atoms. The molecule has 4 rings (SSSR count). The molecule has 3 amide bonds. The van der Waals surface area contributed by atoms with Crippen LogP contribution in [0.4, 0.5) is 15.3 Å². The molecule has 0 aliphatic heterocycles. The second-order valence-electron chi connectivity index (χ2n) is 12.6. The summed E-state index contributed by atoms with van der Waals surface area (Å²) in [4.78, 5) is 34.8. The number of carbonyl (C=O) groups is 2. The molecule has 3 aromatic rings. The molecular formula is C32H44N6O5S2. The largest absolute Gasteiger partial charge is 0.447 e. The van der Waals surface area contributed by atoms with Crippen LogP contribution in [-0.4, -0.2) is 48.2 Å². The smallest absolute Gasteiger partial charge is 0.407 e. The van der Waals surface area contributed by atoms with Crippen molar-refractivity contribution >= 4 is 39.2 Å². The Bertz CT molecular complexity index is 1560. The van der Waals surface area contributed by atoms with Crippen molar-refractivity contribution in [2.24, 2.45) is 0 Å². The number of alkyl carbamates (subject to hydrolysis) is 1. The first-order valence-corrected chi connectivity index (χ1v) is 17.6. The van der Waals surface area contributed by atoms with Crippen LogP contribution in [0.1, 0.15) is 96.3 Å². The Morgan fingerprint density at radius 3 is 2.42 bits per heavy atom. The van der Waals surface area contributed by atoms with Gasteiger partial charge in [-0.05, 0) is 91.0 Å². The van der Waals surface area contributed by atoms with Gasteiger partial charge in [-0.2, -0.15) is 0 Å². The van der Waals surface area contributed by atoms with Crippen molar-refractivity contribution in [2.75, 3.05) is 5.32 Å². The Kier molecular flexibility index (Phi) is 11.2. The van der Waals surface area contributed by atoms with E-state index in [-0.39, 0.29) is 29.0 Å². The summed E-state index contributed by atoms with van der Waals surface area (Å²) in [6, 6.07) is 9.71. The highest BCUT2D eigenvalue weighted by Gasteiger charge is 2.29. The maximum Gasteiger partial charge on any atom is 0.407 e. The van der Waals surface area contributed by atoms with E-state index in [4.69, 9.17) is 4.74 Å². The summed E-state index contributed by atoms with van der Waals surface area (Å²) in [5.41, 5.74) is 0.866. The number of aromatic nitrogens is 2. The highest BCUT2D eigenvalue weighted by atomic mass is 32.2. The number of ether oxygens (including phenoxy) is 1. The minimum atomic E-state index is -3.97. The second-order valence-corrected chi connectivity index (χ2v) is 15.3. The molecule has 0 unspecified atom stereocenters. The molecule has 1 atom stereocenters. The van der Waals surface area contributed by atoms with Gasteiger partial charge in [0.1, 0.15) is 0 Å². The van der Waals surface area contributed by atoms with Crippen molar-refractivity contribution in [2.45, 2.75) is 108 Å². The summed E-state index contributed by atoms with van der Waals surface area (Å²) in [7, 11) is -3.97.